The number of likely N-dealkylation sites (tertiary alicyclic amines) is 1. The molecule has 2 aromatic rings. The van der Waals surface area contributed by atoms with Crippen LogP contribution in [0.5, 0.6) is 23.0 Å². The summed E-state index contributed by atoms with van der Waals surface area (Å²) >= 11 is 0. The van der Waals surface area contributed by atoms with Crippen molar-refractivity contribution in [3.05, 3.63) is 54.1 Å². The largest absolute Gasteiger partial charge is 0.493 e. The summed E-state index contributed by atoms with van der Waals surface area (Å²) in [5.41, 5.74) is 0.711. The van der Waals surface area contributed by atoms with E-state index in [9.17, 15) is 9.59 Å². The van der Waals surface area contributed by atoms with Crippen molar-refractivity contribution in [2.75, 3.05) is 32.9 Å². The van der Waals surface area contributed by atoms with E-state index in [2.05, 4.69) is 5.32 Å². The summed E-state index contributed by atoms with van der Waals surface area (Å²) in [5.74, 6) is 0.909. The number of nitrogens with one attached hydrogen (secondary N) is 1. The molecule has 4 heterocycles. The molecule has 0 saturated carbocycles. The van der Waals surface area contributed by atoms with E-state index in [1.54, 1.807) is 30.2 Å². The Labute approximate surface area is 196 Å². The van der Waals surface area contributed by atoms with E-state index in [4.69, 9.17) is 23.7 Å². The van der Waals surface area contributed by atoms with Crippen LogP contribution in [0.15, 0.2) is 48.6 Å². The molecule has 3 unspecified atom stereocenters. The maximum absolute atomic E-state index is 13.5. The topological polar surface area (TPSA) is 95.6 Å². The second-order valence-electron chi connectivity index (χ2n) is 8.84. The lowest BCUT2D eigenvalue weighted by molar-refractivity contribution is -0.136. The lowest BCUT2D eigenvalue weighted by Gasteiger charge is -2.23. The number of ether oxygens (including phenoxy) is 5. The smallest absolute Gasteiger partial charge is 0.231 e. The summed E-state index contributed by atoms with van der Waals surface area (Å²) in [7, 11) is 3.09. The van der Waals surface area contributed by atoms with Crippen LogP contribution in [0.3, 0.4) is 0 Å². The Hall–Kier alpha value is -3.72. The first-order valence-corrected chi connectivity index (χ1v) is 11.1. The highest BCUT2D eigenvalue weighted by molar-refractivity contribution is 5.99. The minimum Gasteiger partial charge on any atom is -0.493 e. The van der Waals surface area contributed by atoms with Gasteiger partial charge in [0.2, 0.25) is 18.6 Å². The van der Waals surface area contributed by atoms with E-state index in [0.717, 1.165) is 5.56 Å². The molecular formula is C25H24N2O7. The first kappa shape index (κ1) is 20.9. The Balaban J connectivity index is 1.21. The first-order chi connectivity index (χ1) is 16.5. The van der Waals surface area contributed by atoms with Gasteiger partial charge in [0.15, 0.2) is 23.0 Å². The van der Waals surface area contributed by atoms with Crippen molar-refractivity contribution < 1.29 is 33.3 Å². The number of nitrogens with zero attached hydrogens (tertiary/aromatic N) is 1. The molecule has 0 radical (unpaired) electrons. The minimum atomic E-state index is -0.780. The van der Waals surface area contributed by atoms with Crippen LogP contribution < -0.4 is 24.3 Å². The van der Waals surface area contributed by atoms with Gasteiger partial charge in [0.25, 0.3) is 0 Å². The van der Waals surface area contributed by atoms with E-state index < -0.39 is 23.5 Å². The first-order valence-electron chi connectivity index (χ1n) is 11.1. The summed E-state index contributed by atoms with van der Waals surface area (Å²) in [6.07, 6.45) is 3.41. The van der Waals surface area contributed by atoms with Crippen molar-refractivity contribution in [2.24, 2.45) is 11.8 Å². The molecule has 2 aromatic carbocycles. The molecule has 34 heavy (non-hydrogen) atoms. The Morgan fingerprint density at radius 3 is 2.76 bits per heavy atom. The highest BCUT2D eigenvalue weighted by Gasteiger charge is 2.66. The summed E-state index contributed by atoms with van der Waals surface area (Å²) in [6, 6.07) is 10.8. The van der Waals surface area contributed by atoms with E-state index in [1.807, 2.05) is 30.4 Å². The fourth-order valence-corrected chi connectivity index (χ4v) is 5.41. The summed E-state index contributed by atoms with van der Waals surface area (Å²) in [6.45, 7) is 1.00. The van der Waals surface area contributed by atoms with Gasteiger partial charge in [-0.2, -0.15) is 0 Å². The van der Waals surface area contributed by atoms with Crippen molar-refractivity contribution in [1.29, 1.82) is 0 Å². The molecule has 2 saturated heterocycles. The van der Waals surface area contributed by atoms with Gasteiger partial charge in [-0.15, -0.1) is 0 Å². The molecule has 1 N–H and O–H groups in total. The Bertz CT molecular complexity index is 1210. The molecule has 4 aliphatic rings. The molecule has 2 amide bonds. The zero-order valence-corrected chi connectivity index (χ0v) is 18.8. The fourth-order valence-electron chi connectivity index (χ4n) is 5.41. The molecule has 0 aromatic heterocycles. The lowest BCUT2D eigenvalue weighted by Crippen LogP contribution is -2.41. The second kappa shape index (κ2) is 7.66. The quantitative estimate of drug-likeness (QED) is 0.656. The molecule has 4 atom stereocenters. The molecule has 176 valence electrons. The maximum Gasteiger partial charge on any atom is 0.231 e. The van der Waals surface area contributed by atoms with Crippen molar-refractivity contribution in [2.45, 2.75) is 18.2 Å². The fraction of sp³-hybridized carbons (Fsp3) is 0.360. The summed E-state index contributed by atoms with van der Waals surface area (Å²) < 4.78 is 27.6. The molecule has 6 rings (SSSR count). The third-order valence-corrected chi connectivity index (χ3v) is 6.94. The molecule has 1 spiro atoms. The zero-order chi connectivity index (χ0) is 23.4. The zero-order valence-electron chi connectivity index (χ0n) is 18.8. The highest BCUT2D eigenvalue weighted by atomic mass is 16.7. The number of hydrogen-bond donors (Lipinski definition) is 1. The van der Waals surface area contributed by atoms with Gasteiger partial charge in [-0.25, -0.2) is 0 Å². The Morgan fingerprint density at radius 2 is 1.94 bits per heavy atom. The van der Waals surface area contributed by atoms with Gasteiger partial charge in [0.1, 0.15) is 5.60 Å². The van der Waals surface area contributed by atoms with Crippen LogP contribution in [0.25, 0.3) is 0 Å². The van der Waals surface area contributed by atoms with Crippen LogP contribution in [-0.2, 0) is 20.9 Å². The van der Waals surface area contributed by atoms with Crippen LogP contribution in [0.2, 0.25) is 0 Å². The van der Waals surface area contributed by atoms with Gasteiger partial charge in [0, 0.05) is 18.3 Å². The summed E-state index contributed by atoms with van der Waals surface area (Å²) in [4.78, 5) is 28.6. The van der Waals surface area contributed by atoms with Gasteiger partial charge in [-0.3, -0.25) is 9.59 Å². The number of amides is 2. The van der Waals surface area contributed by atoms with Gasteiger partial charge < -0.3 is 33.9 Å². The average molecular weight is 464 g/mol. The van der Waals surface area contributed by atoms with Crippen LogP contribution >= 0.6 is 0 Å². The molecule has 2 fully saturated rings. The Morgan fingerprint density at radius 1 is 1.12 bits per heavy atom. The number of hydrogen-bond acceptors (Lipinski definition) is 7. The molecular weight excluding hydrogens is 440 g/mol. The number of methoxy groups -OCH3 is 2. The van der Waals surface area contributed by atoms with Crippen molar-refractivity contribution in [3.63, 3.8) is 0 Å². The summed E-state index contributed by atoms with van der Waals surface area (Å²) in [5, 5.41) is 2.93. The SMILES string of the molecule is COc1ccc(NC(=O)C2C3C=CC4(CN(Cc5ccc6c(c5)OCO6)C(=O)[C@H]24)O3)cc1OC. The van der Waals surface area contributed by atoms with Crippen molar-refractivity contribution >= 4 is 17.5 Å². The van der Waals surface area contributed by atoms with E-state index in [0.29, 0.717) is 41.8 Å². The molecule has 9 heteroatoms. The van der Waals surface area contributed by atoms with Crippen molar-refractivity contribution in [1.82, 2.24) is 4.90 Å². The predicted octanol–water partition coefficient (Wildman–Crippen LogP) is 2.35. The van der Waals surface area contributed by atoms with Crippen LogP contribution in [0.1, 0.15) is 5.56 Å². The predicted molar refractivity (Wildman–Crippen MR) is 120 cm³/mol. The number of rotatable bonds is 6. The molecule has 2 bridgehead atoms. The average Bonchev–Trinajstić information content (AvgIpc) is 3.60. The van der Waals surface area contributed by atoms with Gasteiger partial charge in [0.05, 0.1) is 38.7 Å². The number of fused-ring (bicyclic) bond motifs is 2. The Kier molecular flexibility index (Phi) is 4.70. The monoisotopic (exact) mass is 464 g/mol. The van der Waals surface area contributed by atoms with Crippen LogP contribution in [-0.4, -0.2) is 56.0 Å². The molecule has 0 aliphatic carbocycles. The third kappa shape index (κ3) is 3.11. The van der Waals surface area contributed by atoms with Gasteiger partial charge >= 0.3 is 0 Å². The minimum absolute atomic E-state index is 0.0861. The van der Waals surface area contributed by atoms with Gasteiger partial charge in [-0.05, 0) is 29.8 Å². The number of benzene rings is 2. The maximum atomic E-state index is 13.5. The van der Waals surface area contributed by atoms with E-state index >= 15 is 0 Å². The van der Waals surface area contributed by atoms with Gasteiger partial charge in [-0.1, -0.05) is 18.2 Å². The third-order valence-electron chi connectivity index (χ3n) is 6.94. The van der Waals surface area contributed by atoms with Crippen LogP contribution in [0.4, 0.5) is 5.69 Å². The van der Waals surface area contributed by atoms with E-state index in [-0.39, 0.29) is 18.6 Å². The second-order valence-corrected chi connectivity index (χ2v) is 8.84. The lowest BCUT2D eigenvalue weighted by atomic mass is 9.77. The normalized spacial score (nSPS) is 27.8. The molecule has 9 nitrogen and oxygen atoms in total. The number of carbonyl (C=O) groups is 2. The van der Waals surface area contributed by atoms with Crippen molar-refractivity contribution in [3.8, 4) is 23.0 Å². The van der Waals surface area contributed by atoms with E-state index in [1.165, 1.54) is 7.11 Å². The number of carbonyl (C=O) groups excluding carboxylic acids is 2. The van der Waals surface area contributed by atoms with Crippen LogP contribution in [0, 0.1) is 11.8 Å². The standard InChI is InChI=1S/C25H24N2O7/c1-30-16-6-4-15(10-19(16)31-2)26-23(28)21-18-7-8-25(34-18)12-27(24(29)22(21)25)11-14-3-5-17-20(9-14)33-13-32-17/h3-10,18,21-22H,11-13H2,1-2H3,(H,26,28)/t18?,21?,22-,25?/m0/s1. The highest BCUT2D eigenvalue weighted by Crippen LogP contribution is 2.52. The number of anilines is 1. The molecule has 4 aliphatic heterocycles.